The number of benzene rings is 1. The molecule has 0 unspecified atom stereocenters. The van der Waals surface area contributed by atoms with E-state index >= 15 is 0 Å². The first-order valence-corrected chi connectivity index (χ1v) is 3.57. The lowest BCUT2D eigenvalue weighted by molar-refractivity contribution is 0.386. The number of hydrogen-bond donors (Lipinski definition) is 1. The summed E-state index contributed by atoms with van der Waals surface area (Å²) >= 11 is 0. The highest BCUT2D eigenvalue weighted by atomic mass is 19.1. The van der Waals surface area contributed by atoms with E-state index in [1.54, 1.807) is 12.1 Å². The highest BCUT2D eigenvalue weighted by Gasteiger charge is 2.06. The van der Waals surface area contributed by atoms with E-state index in [4.69, 9.17) is 5.73 Å². The van der Waals surface area contributed by atoms with Gasteiger partial charge in [0.25, 0.3) is 0 Å². The highest BCUT2D eigenvalue weighted by molar-refractivity contribution is 5.19. The van der Waals surface area contributed by atoms with Crippen molar-refractivity contribution in [1.82, 2.24) is 0 Å². The van der Waals surface area contributed by atoms with Crippen LogP contribution in [0.1, 0.15) is 11.7 Å². The molecule has 2 N–H and O–H groups in total. The SMILES string of the molecule is NC[CH][C@H](F)c1ccccc1. The quantitative estimate of drug-likeness (QED) is 0.702. The monoisotopic (exact) mass is 152 g/mol. The predicted molar refractivity (Wildman–Crippen MR) is 43.6 cm³/mol. The topological polar surface area (TPSA) is 26.0 Å². The Hall–Kier alpha value is -0.890. The van der Waals surface area contributed by atoms with E-state index < -0.39 is 6.17 Å². The molecule has 0 aliphatic rings. The molecule has 0 amide bonds. The van der Waals surface area contributed by atoms with Crippen molar-refractivity contribution >= 4 is 0 Å². The highest BCUT2D eigenvalue weighted by Crippen LogP contribution is 2.18. The Bertz CT molecular complexity index is 198. The Morgan fingerprint density at radius 3 is 2.55 bits per heavy atom. The molecule has 0 aromatic heterocycles. The van der Waals surface area contributed by atoms with E-state index in [0.717, 1.165) is 0 Å². The molecule has 0 bridgehead atoms. The summed E-state index contributed by atoms with van der Waals surface area (Å²) in [6, 6.07) is 8.98. The normalized spacial score (nSPS) is 12.9. The summed E-state index contributed by atoms with van der Waals surface area (Å²) in [6.07, 6.45) is 0.413. The molecule has 11 heavy (non-hydrogen) atoms. The molecular formula is C9H11FN. The maximum Gasteiger partial charge on any atom is 0.130 e. The van der Waals surface area contributed by atoms with Gasteiger partial charge < -0.3 is 5.73 Å². The molecule has 0 heterocycles. The van der Waals surface area contributed by atoms with Crippen molar-refractivity contribution in [2.45, 2.75) is 6.17 Å². The van der Waals surface area contributed by atoms with Gasteiger partial charge in [-0.1, -0.05) is 30.3 Å². The van der Waals surface area contributed by atoms with E-state index in [0.29, 0.717) is 5.56 Å². The van der Waals surface area contributed by atoms with Crippen LogP contribution in [0.15, 0.2) is 30.3 Å². The summed E-state index contributed by atoms with van der Waals surface area (Å²) in [5.74, 6) is 0. The Labute approximate surface area is 66.0 Å². The molecule has 0 fully saturated rings. The zero-order chi connectivity index (χ0) is 8.10. The van der Waals surface area contributed by atoms with Crippen molar-refractivity contribution in [3.63, 3.8) is 0 Å². The summed E-state index contributed by atoms with van der Waals surface area (Å²) in [7, 11) is 0. The van der Waals surface area contributed by atoms with Gasteiger partial charge in [0.2, 0.25) is 0 Å². The first-order chi connectivity index (χ1) is 5.34. The second kappa shape index (κ2) is 4.09. The minimum atomic E-state index is -1.03. The Morgan fingerprint density at radius 1 is 1.36 bits per heavy atom. The molecule has 0 spiro atoms. The largest absolute Gasteiger partial charge is 0.330 e. The molecule has 1 radical (unpaired) electrons. The lowest BCUT2D eigenvalue weighted by Gasteiger charge is -2.04. The molecule has 1 rings (SSSR count). The van der Waals surface area contributed by atoms with Crippen LogP contribution in [-0.2, 0) is 0 Å². The summed E-state index contributed by atoms with van der Waals surface area (Å²) in [6.45, 7) is 0.274. The van der Waals surface area contributed by atoms with E-state index in [1.165, 1.54) is 6.42 Å². The van der Waals surface area contributed by atoms with Gasteiger partial charge in [0.15, 0.2) is 0 Å². The first-order valence-electron chi connectivity index (χ1n) is 3.57. The smallest absolute Gasteiger partial charge is 0.130 e. The van der Waals surface area contributed by atoms with Gasteiger partial charge in [0.1, 0.15) is 6.17 Å². The third-order valence-electron chi connectivity index (χ3n) is 1.46. The van der Waals surface area contributed by atoms with Crippen molar-refractivity contribution < 1.29 is 4.39 Å². The third-order valence-corrected chi connectivity index (χ3v) is 1.46. The molecule has 0 saturated carbocycles. The predicted octanol–water partition coefficient (Wildman–Crippen LogP) is 1.86. The van der Waals surface area contributed by atoms with Crippen LogP contribution in [0, 0.1) is 6.42 Å². The average molecular weight is 152 g/mol. The number of hydrogen-bond acceptors (Lipinski definition) is 1. The third kappa shape index (κ3) is 2.31. The lowest BCUT2D eigenvalue weighted by atomic mass is 10.1. The molecule has 1 aromatic rings. The van der Waals surface area contributed by atoms with Crippen molar-refractivity contribution in [3.05, 3.63) is 42.3 Å². The molecule has 0 aliphatic carbocycles. The van der Waals surface area contributed by atoms with Crippen molar-refractivity contribution in [2.24, 2.45) is 5.73 Å². The minimum Gasteiger partial charge on any atom is -0.330 e. The van der Waals surface area contributed by atoms with Crippen LogP contribution in [0.25, 0.3) is 0 Å². The second-order valence-corrected chi connectivity index (χ2v) is 2.28. The fourth-order valence-electron chi connectivity index (χ4n) is 0.892. The zero-order valence-electron chi connectivity index (χ0n) is 6.20. The van der Waals surface area contributed by atoms with Crippen LogP contribution in [0.2, 0.25) is 0 Å². The van der Waals surface area contributed by atoms with Crippen molar-refractivity contribution in [1.29, 1.82) is 0 Å². The van der Waals surface area contributed by atoms with Crippen LogP contribution in [0.3, 0.4) is 0 Å². The van der Waals surface area contributed by atoms with Gasteiger partial charge in [-0.2, -0.15) is 0 Å². The van der Waals surface area contributed by atoms with Gasteiger partial charge in [-0.15, -0.1) is 0 Å². The summed E-state index contributed by atoms with van der Waals surface area (Å²) in [4.78, 5) is 0. The summed E-state index contributed by atoms with van der Waals surface area (Å²) in [5.41, 5.74) is 5.84. The fourth-order valence-corrected chi connectivity index (χ4v) is 0.892. The fraction of sp³-hybridized carbons (Fsp3) is 0.222. The van der Waals surface area contributed by atoms with E-state index in [2.05, 4.69) is 0 Å². The first kappa shape index (κ1) is 8.21. The summed E-state index contributed by atoms with van der Waals surface area (Å²) in [5, 5.41) is 0. The van der Waals surface area contributed by atoms with Crippen LogP contribution < -0.4 is 5.73 Å². The molecule has 1 atom stereocenters. The molecular weight excluding hydrogens is 141 g/mol. The maximum atomic E-state index is 13.0. The maximum absolute atomic E-state index is 13.0. The molecule has 59 valence electrons. The Morgan fingerprint density at radius 2 is 2.00 bits per heavy atom. The minimum absolute atomic E-state index is 0.274. The van der Waals surface area contributed by atoms with Gasteiger partial charge in [-0.25, -0.2) is 4.39 Å². The van der Waals surface area contributed by atoms with Gasteiger partial charge in [0.05, 0.1) is 0 Å². The van der Waals surface area contributed by atoms with Crippen LogP contribution in [-0.4, -0.2) is 6.54 Å². The molecule has 0 saturated heterocycles. The molecule has 0 aliphatic heterocycles. The number of alkyl halides is 1. The van der Waals surface area contributed by atoms with E-state index in [1.807, 2.05) is 18.2 Å². The number of rotatable bonds is 3. The zero-order valence-corrected chi connectivity index (χ0v) is 6.20. The molecule has 1 nitrogen and oxygen atoms in total. The molecule has 2 heteroatoms. The van der Waals surface area contributed by atoms with Gasteiger partial charge in [-0.05, 0) is 12.1 Å². The number of nitrogens with two attached hydrogens (primary N) is 1. The van der Waals surface area contributed by atoms with E-state index in [-0.39, 0.29) is 6.54 Å². The average Bonchev–Trinajstić information content (AvgIpc) is 2.07. The van der Waals surface area contributed by atoms with Crippen LogP contribution >= 0.6 is 0 Å². The van der Waals surface area contributed by atoms with Crippen molar-refractivity contribution in [2.75, 3.05) is 6.54 Å². The lowest BCUT2D eigenvalue weighted by Crippen LogP contribution is -2.04. The second-order valence-electron chi connectivity index (χ2n) is 2.28. The Kier molecular flexibility index (Phi) is 3.05. The van der Waals surface area contributed by atoms with Gasteiger partial charge in [0, 0.05) is 6.42 Å². The standard InChI is InChI=1S/C9H11FN/c10-9(6-7-11)8-4-2-1-3-5-8/h1-6,9H,7,11H2/t9-/m0/s1. The van der Waals surface area contributed by atoms with Crippen LogP contribution in [0.5, 0.6) is 0 Å². The van der Waals surface area contributed by atoms with Crippen molar-refractivity contribution in [3.8, 4) is 0 Å². The van der Waals surface area contributed by atoms with Gasteiger partial charge >= 0.3 is 0 Å². The molecule has 1 aromatic carbocycles. The summed E-state index contributed by atoms with van der Waals surface area (Å²) < 4.78 is 13.0. The Balaban J connectivity index is 2.61. The van der Waals surface area contributed by atoms with Crippen LogP contribution in [0.4, 0.5) is 4.39 Å². The number of halogens is 1. The van der Waals surface area contributed by atoms with E-state index in [9.17, 15) is 4.39 Å². The van der Waals surface area contributed by atoms with Gasteiger partial charge in [-0.3, -0.25) is 0 Å².